The van der Waals surface area contributed by atoms with Gasteiger partial charge in [-0.25, -0.2) is 13.2 Å². The lowest BCUT2D eigenvalue weighted by atomic mass is 9.68. The van der Waals surface area contributed by atoms with E-state index in [9.17, 15) is 13.2 Å². The minimum atomic E-state index is -3.42. The predicted octanol–water partition coefficient (Wildman–Crippen LogP) is 3.13. The van der Waals surface area contributed by atoms with Crippen molar-refractivity contribution in [2.45, 2.75) is 62.3 Å². The summed E-state index contributed by atoms with van der Waals surface area (Å²) in [6.45, 7) is 3.35. The maximum Gasteiger partial charge on any atom is 0.315 e. The number of piperidine rings is 1. The third kappa shape index (κ3) is 5.59. The second-order valence-electron chi connectivity index (χ2n) is 9.40. The third-order valence-corrected chi connectivity index (χ3v) is 9.35. The number of ether oxygens (including phenoxy) is 1. The maximum atomic E-state index is 12.7. The van der Waals surface area contributed by atoms with E-state index >= 15 is 0 Å². The van der Waals surface area contributed by atoms with Gasteiger partial charge in [-0.05, 0) is 74.8 Å². The number of benzene rings is 1. The molecular weight excluding hydrogens is 414 g/mol. The van der Waals surface area contributed by atoms with Crippen molar-refractivity contribution in [3.05, 3.63) is 30.3 Å². The Kier molecular flexibility index (Phi) is 7.19. The van der Waals surface area contributed by atoms with E-state index in [0.717, 1.165) is 51.7 Å². The Balaban J connectivity index is 1.16. The Morgan fingerprint density at radius 2 is 1.65 bits per heavy atom. The smallest absolute Gasteiger partial charge is 0.315 e. The Hall–Kier alpha value is -1.64. The number of carbonyl (C=O) groups excluding carboxylic acids is 1. The first-order chi connectivity index (χ1) is 15.0. The Morgan fingerprint density at radius 3 is 2.29 bits per heavy atom. The molecule has 0 radical (unpaired) electrons. The number of amides is 2. The fourth-order valence-electron chi connectivity index (χ4n) is 5.25. The van der Waals surface area contributed by atoms with Crippen LogP contribution in [0.5, 0.6) is 0 Å². The monoisotopic (exact) mass is 449 g/mol. The second kappa shape index (κ2) is 9.88. The molecule has 1 aromatic rings. The molecule has 172 valence electrons. The predicted molar refractivity (Wildman–Crippen MR) is 119 cm³/mol. The van der Waals surface area contributed by atoms with E-state index in [2.05, 4.69) is 10.6 Å². The highest BCUT2D eigenvalue weighted by Gasteiger charge is 2.37. The summed E-state index contributed by atoms with van der Waals surface area (Å²) >= 11 is 0. The number of rotatable bonds is 5. The van der Waals surface area contributed by atoms with Crippen LogP contribution in [0.15, 0.2) is 35.2 Å². The van der Waals surface area contributed by atoms with Crippen LogP contribution in [-0.2, 0) is 14.8 Å². The van der Waals surface area contributed by atoms with Crippen LogP contribution in [0, 0.1) is 11.3 Å². The van der Waals surface area contributed by atoms with Gasteiger partial charge in [0.05, 0.1) is 4.90 Å². The first-order valence-electron chi connectivity index (χ1n) is 11.6. The molecular formula is C23H35N3O4S. The van der Waals surface area contributed by atoms with Gasteiger partial charge in [0.15, 0.2) is 0 Å². The first-order valence-corrected chi connectivity index (χ1v) is 13.1. The van der Waals surface area contributed by atoms with E-state index in [1.54, 1.807) is 28.6 Å². The second-order valence-corrected chi connectivity index (χ2v) is 11.3. The van der Waals surface area contributed by atoms with E-state index in [1.165, 1.54) is 12.8 Å². The fourth-order valence-corrected chi connectivity index (χ4v) is 6.74. The van der Waals surface area contributed by atoms with Crippen molar-refractivity contribution in [2.75, 3.05) is 32.8 Å². The summed E-state index contributed by atoms with van der Waals surface area (Å²) < 4.78 is 32.5. The molecule has 0 atom stereocenters. The van der Waals surface area contributed by atoms with Crippen LogP contribution < -0.4 is 10.6 Å². The zero-order valence-electron chi connectivity index (χ0n) is 18.2. The van der Waals surface area contributed by atoms with Crippen LogP contribution in [-0.4, -0.2) is 57.6 Å². The van der Waals surface area contributed by atoms with E-state index in [0.29, 0.717) is 35.9 Å². The zero-order chi connectivity index (χ0) is 21.7. The average molecular weight is 450 g/mol. The van der Waals surface area contributed by atoms with Crippen molar-refractivity contribution in [1.29, 1.82) is 0 Å². The lowest BCUT2D eigenvalue weighted by Crippen LogP contribution is -2.48. The topological polar surface area (TPSA) is 87.7 Å². The molecule has 0 aromatic heterocycles. The van der Waals surface area contributed by atoms with E-state index in [4.69, 9.17) is 4.74 Å². The largest absolute Gasteiger partial charge is 0.381 e. The van der Waals surface area contributed by atoms with E-state index < -0.39 is 10.0 Å². The summed E-state index contributed by atoms with van der Waals surface area (Å²) in [4.78, 5) is 12.7. The van der Waals surface area contributed by atoms with Gasteiger partial charge in [0.2, 0.25) is 10.0 Å². The molecule has 0 unspecified atom stereocenters. The van der Waals surface area contributed by atoms with E-state index in [1.807, 2.05) is 6.07 Å². The number of carbonyl (C=O) groups is 1. The molecule has 1 spiro atoms. The zero-order valence-corrected chi connectivity index (χ0v) is 19.0. The molecule has 1 aliphatic carbocycles. The molecule has 2 N–H and O–H groups in total. The van der Waals surface area contributed by atoms with Crippen molar-refractivity contribution in [3.8, 4) is 0 Å². The quantitative estimate of drug-likeness (QED) is 0.723. The van der Waals surface area contributed by atoms with Gasteiger partial charge in [0, 0.05) is 38.9 Å². The van der Waals surface area contributed by atoms with Gasteiger partial charge in [-0.2, -0.15) is 4.31 Å². The number of hydrogen-bond donors (Lipinski definition) is 2. The highest BCUT2D eigenvalue weighted by atomic mass is 32.2. The molecule has 4 rings (SSSR count). The van der Waals surface area contributed by atoms with Crippen LogP contribution in [0.2, 0.25) is 0 Å². The molecule has 7 nitrogen and oxygen atoms in total. The maximum absolute atomic E-state index is 12.7. The van der Waals surface area contributed by atoms with Crippen LogP contribution >= 0.6 is 0 Å². The fraction of sp³-hybridized carbons (Fsp3) is 0.696. The Labute approximate surface area is 186 Å². The molecule has 3 fully saturated rings. The number of hydrogen-bond acceptors (Lipinski definition) is 4. The molecule has 3 aliphatic rings. The number of nitrogens with one attached hydrogen (secondary N) is 2. The van der Waals surface area contributed by atoms with Crippen LogP contribution in [0.3, 0.4) is 0 Å². The number of sulfonamides is 1. The van der Waals surface area contributed by atoms with Gasteiger partial charge in [-0.15, -0.1) is 0 Å². The average Bonchev–Trinajstić information content (AvgIpc) is 2.81. The summed E-state index contributed by atoms with van der Waals surface area (Å²) in [5.41, 5.74) is 0.445. The highest BCUT2D eigenvalue weighted by Crippen LogP contribution is 2.44. The molecule has 2 heterocycles. The molecule has 31 heavy (non-hydrogen) atoms. The van der Waals surface area contributed by atoms with Crippen LogP contribution in [0.4, 0.5) is 4.79 Å². The van der Waals surface area contributed by atoms with Gasteiger partial charge >= 0.3 is 6.03 Å². The molecule has 2 aliphatic heterocycles. The van der Waals surface area contributed by atoms with Crippen molar-refractivity contribution in [2.24, 2.45) is 11.3 Å². The Bertz CT molecular complexity index is 822. The first kappa shape index (κ1) is 22.6. The van der Waals surface area contributed by atoms with Crippen molar-refractivity contribution in [3.63, 3.8) is 0 Å². The van der Waals surface area contributed by atoms with Crippen molar-refractivity contribution >= 4 is 16.1 Å². The lowest BCUT2D eigenvalue weighted by molar-refractivity contribution is -0.00861. The number of nitrogens with zero attached hydrogens (tertiary/aromatic N) is 1. The highest BCUT2D eigenvalue weighted by molar-refractivity contribution is 7.89. The van der Waals surface area contributed by atoms with Crippen molar-refractivity contribution in [1.82, 2.24) is 14.9 Å². The summed E-state index contributed by atoms with van der Waals surface area (Å²) in [5, 5.41) is 6.17. The SMILES string of the molecule is O=C(NCC1CCN(S(=O)(=O)c2ccccc2)CC1)NC1CCC2(CCOCC2)CC1. The van der Waals surface area contributed by atoms with Gasteiger partial charge in [0.1, 0.15) is 0 Å². The summed E-state index contributed by atoms with van der Waals surface area (Å²) in [6.07, 6.45) is 8.29. The minimum absolute atomic E-state index is 0.0905. The Morgan fingerprint density at radius 1 is 1.00 bits per heavy atom. The van der Waals surface area contributed by atoms with Crippen LogP contribution in [0.1, 0.15) is 51.4 Å². The summed E-state index contributed by atoms with van der Waals surface area (Å²) in [5.74, 6) is 0.310. The molecule has 0 bridgehead atoms. The standard InChI is InChI=1S/C23H35N3O4S/c27-22(25-20-6-10-23(11-7-20)12-16-30-17-13-23)24-18-19-8-14-26(15-9-19)31(28,29)21-4-2-1-3-5-21/h1-5,19-20H,6-18H2,(H2,24,25,27). The van der Waals surface area contributed by atoms with E-state index in [-0.39, 0.29) is 12.1 Å². The normalized spacial score (nSPS) is 23.5. The third-order valence-electron chi connectivity index (χ3n) is 7.44. The molecule has 1 aromatic carbocycles. The number of urea groups is 1. The van der Waals surface area contributed by atoms with Crippen molar-refractivity contribution < 1.29 is 17.9 Å². The minimum Gasteiger partial charge on any atom is -0.381 e. The molecule has 2 amide bonds. The van der Waals surface area contributed by atoms with Gasteiger partial charge in [0.25, 0.3) is 0 Å². The van der Waals surface area contributed by atoms with Gasteiger partial charge < -0.3 is 15.4 Å². The molecule has 2 saturated heterocycles. The summed E-state index contributed by atoms with van der Waals surface area (Å²) in [7, 11) is -3.42. The molecule has 1 saturated carbocycles. The lowest BCUT2D eigenvalue weighted by Gasteiger charge is -2.42. The van der Waals surface area contributed by atoms with Gasteiger partial charge in [-0.3, -0.25) is 0 Å². The molecule has 8 heteroatoms. The van der Waals surface area contributed by atoms with Gasteiger partial charge in [-0.1, -0.05) is 18.2 Å². The summed E-state index contributed by atoms with van der Waals surface area (Å²) in [6, 6.07) is 8.76. The van der Waals surface area contributed by atoms with Crippen LogP contribution in [0.25, 0.3) is 0 Å².